The number of ether oxygens (including phenoxy) is 1. The Kier molecular flexibility index (Phi) is 3.62. The lowest BCUT2D eigenvalue weighted by Gasteiger charge is -2.02. The van der Waals surface area contributed by atoms with E-state index in [1.54, 1.807) is 6.92 Å². The molecule has 0 fully saturated rings. The Balaban J connectivity index is 2.31. The summed E-state index contributed by atoms with van der Waals surface area (Å²) in [5.74, 6) is 0.395. The molecule has 0 aliphatic rings. The summed E-state index contributed by atoms with van der Waals surface area (Å²) in [5, 5.41) is 0.796. The third kappa shape index (κ3) is 2.51. The molecule has 4 nitrogen and oxygen atoms in total. The smallest absolute Gasteiger partial charge is 0.260 e. The molecule has 0 bridgehead atoms. The molecule has 18 heavy (non-hydrogen) atoms. The topological polar surface area (TPSA) is 65.2 Å². The minimum Gasteiger partial charge on any atom is -0.494 e. The number of carbonyl (C=O) groups excluding carboxylic acids is 1. The number of amides is 1. The van der Waals surface area contributed by atoms with Gasteiger partial charge in [-0.15, -0.1) is 11.3 Å². The second-order valence-corrected chi connectivity index (χ2v) is 4.75. The number of aromatic nitrogens is 1. The van der Waals surface area contributed by atoms with Crippen LogP contribution < -0.4 is 10.5 Å². The van der Waals surface area contributed by atoms with Gasteiger partial charge in [-0.25, -0.2) is 4.98 Å². The first-order valence-electron chi connectivity index (χ1n) is 5.62. The molecule has 0 saturated heterocycles. The van der Waals surface area contributed by atoms with E-state index in [2.05, 4.69) is 4.98 Å². The van der Waals surface area contributed by atoms with Gasteiger partial charge in [-0.3, -0.25) is 4.79 Å². The fourth-order valence-electron chi connectivity index (χ4n) is 1.61. The molecule has 2 N–H and O–H groups in total. The fourth-order valence-corrected chi connectivity index (χ4v) is 2.53. The number of benzene rings is 1. The molecule has 0 spiro atoms. The van der Waals surface area contributed by atoms with Crippen LogP contribution in [-0.4, -0.2) is 17.5 Å². The van der Waals surface area contributed by atoms with Crippen molar-refractivity contribution in [1.29, 1.82) is 0 Å². The Morgan fingerprint density at radius 3 is 2.56 bits per heavy atom. The second kappa shape index (κ2) is 5.18. The van der Waals surface area contributed by atoms with Crippen LogP contribution in [0, 0.1) is 6.92 Å². The summed E-state index contributed by atoms with van der Waals surface area (Å²) in [7, 11) is 0. The van der Waals surface area contributed by atoms with Crippen LogP contribution in [0.1, 0.15) is 22.3 Å². The molecule has 0 atom stereocenters. The van der Waals surface area contributed by atoms with Crippen molar-refractivity contribution in [3.05, 3.63) is 34.8 Å². The minimum absolute atomic E-state index is 0.429. The van der Waals surface area contributed by atoms with Gasteiger partial charge in [0.05, 0.1) is 12.3 Å². The fraction of sp³-hybridized carbons (Fsp3) is 0.231. The van der Waals surface area contributed by atoms with Crippen LogP contribution in [-0.2, 0) is 0 Å². The van der Waals surface area contributed by atoms with Crippen LogP contribution in [0.3, 0.4) is 0 Å². The number of primary amides is 1. The summed E-state index contributed by atoms with van der Waals surface area (Å²) in [6.45, 7) is 4.37. The number of hydrogen-bond acceptors (Lipinski definition) is 4. The van der Waals surface area contributed by atoms with Crippen LogP contribution in [0.25, 0.3) is 10.6 Å². The molecule has 1 amide bonds. The molecule has 1 aromatic heterocycles. The first-order chi connectivity index (χ1) is 8.61. The van der Waals surface area contributed by atoms with E-state index in [-0.39, 0.29) is 0 Å². The third-order valence-corrected chi connectivity index (χ3v) is 3.65. The third-order valence-electron chi connectivity index (χ3n) is 2.43. The van der Waals surface area contributed by atoms with Crippen molar-refractivity contribution in [2.45, 2.75) is 13.8 Å². The van der Waals surface area contributed by atoms with Gasteiger partial charge >= 0.3 is 0 Å². The molecule has 5 heteroatoms. The second-order valence-electron chi connectivity index (χ2n) is 3.76. The average molecular weight is 262 g/mol. The predicted octanol–water partition coefficient (Wildman–Crippen LogP) is 2.62. The number of carbonyl (C=O) groups is 1. The Morgan fingerprint density at radius 1 is 1.39 bits per heavy atom. The number of thiazole rings is 1. The zero-order valence-electron chi connectivity index (χ0n) is 10.3. The highest BCUT2D eigenvalue weighted by atomic mass is 32.1. The van der Waals surface area contributed by atoms with Crippen molar-refractivity contribution in [3.63, 3.8) is 0 Å². The normalized spacial score (nSPS) is 10.3. The quantitative estimate of drug-likeness (QED) is 0.921. The SMILES string of the molecule is CCOc1ccc(-c2nc(C)c(C(N)=O)s2)cc1. The summed E-state index contributed by atoms with van der Waals surface area (Å²) in [6.07, 6.45) is 0. The lowest BCUT2D eigenvalue weighted by molar-refractivity contribution is 0.100. The van der Waals surface area contributed by atoms with Crippen molar-refractivity contribution in [2.24, 2.45) is 5.73 Å². The van der Waals surface area contributed by atoms with Crippen molar-refractivity contribution in [1.82, 2.24) is 4.98 Å². The van der Waals surface area contributed by atoms with E-state index >= 15 is 0 Å². The summed E-state index contributed by atoms with van der Waals surface area (Å²) >= 11 is 1.31. The summed E-state index contributed by atoms with van der Waals surface area (Å²) in [6, 6.07) is 7.63. The molecule has 94 valence electrons. The van der Waals surface area contributed by atoms with Crippen molar-refractivity contribution in [2.75, 3.05) is 6.61 Å². The summed E-state index contributed by atoms with van der Waals surface area (Å²) in [5.41, 5.74) is 6.92. The van der Waals surface area contributed by atoms with Crippen molar-refractivity contribution >= 4 is 17.2 Å². The first kappa shape index (κ1) is 12.6. The van der Waals surface area contributed by atoms with Crippen LogP contribution in [0.2, 0.25) is 0 Å². The van der Waals surface area contributed by atoms with E-state index in [0.29, 0.717) is 17.2 Å². The highest BCUT2D eigenvalue weighted by molar-refractivity contribution is 7.17. The van der Waals surface area contributed by atoms with Gasteiger partial charge in [-0.05, 0) is 38.1 Å². The number of nitrogens with zero attached hydrogens (tertiary/aromatic N) is 1. The number of rotatable bonds is 4. The summed E-state index contributed by atoms with van der Waals surface area (Å²) < 4.78 is 5.37. The van der Waals surface area contributed by atoms with Crippen LogP contribution >= 0.6 is 11.3 Å². The molecule has 2 rings (SSSR count). The van der Waals surface area contributed by atoms with Crippen LogP contribution in [0.5, 0.6) is 5.75 Å². The van der Waals surface area contributed by atoms with Gasteiger partial charge < -0.3 is 10.5 Å². The Morgan fingerprint density at radius 2 is 2.06 bits per heavy atom. The van der Waals surface area contributed by atoms with Gasteiger partial charge in [-0.1, -0.05) is 0 Å². The molecule has 2 aromatic rings. The Labute approximate surface area is 109 Å². The lowest BCUT2D eigenvalue weighted by Crippen LogP contribution is -2.09. The van der Waals surface area contributed by atoms with Gasteiger partial charge in [0, 0.05) is 5.56 Å². The van der Waals surface area contributed by atoms with Crippen LogP contribution in [0.15, 0.2) is 24.3 Å². The molecule has 1 aromatic carbocycles. The number of nitrogens with two attached hydrogens (primary N) is 1. The molecule has 0 saturated carbocycles. The van der Waals surface area contributed by atoms with Gasteiger partial charge in [0.1, 0.15) is 15.6 Å². The molecular weight excluding hydrogens is 248 g/mol. The lowest BCUT2D eigenvalue weighted by atomic mass is 10.2. The molecule has 0 radical (unpaired) electrons. The Bertz CT molecular complexity index is 561. The molecular formula is C13H14N2O2S. The Hall–Kier alpha value is -1.88. The number of aryl methyl sites for hydroxylation is 1. The minimum atomic E-state index is -0.429. The van der Waals surface area contributed by atoms with E-state index in [9.17, 15) is 4.79 Å². The van der Waals surface area contributed by atoms with Gasteiger partial charge in [0.15, 0.2) is 0 Å². The van der Waals surface area contributed by atoms with E-state index < -0.39 is 5.91 Å². The molecule has 1 heterocycles. The van der Waals surface area contributed by atoms with E-state index in [4.69, 9.17) is 10.5 Å². The largest absolute Gasteiger partial charge is 0.494 e. The van der Waals surface area contributed by atoms with E-state index in [1.807, 2.05) is 31.2 Å². The molecule has 0 aliphatic carbocycles. The maximum atomic E-state index is 11.2. The van der Waals surface area contributed by atoms with Gasteiger partial charge in [-0.2, -0.15) is 0 Å². The maximum absolute atomic E-state index is 11.2. The van der Waals surface area contributed by atoms with Crippen LogP contribution in [0.4, 0.5) is 0 Å². The highest BCUT2D eigenvalue weighted by Crippen LogP contribution is 2.28. The zero-order chi connectivity index (χ0) is 13.1. The average Bonchev–Trinajstić information content (AvgIpc) is 2.73. The van der Waals surface area contributed by atoms with E-state index in [1.165, 1.54) is 11.3 Å². The number of hydrogen-bond donors (Lipinski definition) is 1. The molecule has 0 aliphatic heterocycles. The van der Waals surface area contributed by atoms with Crippen molar-refractivity contribution < 1.29 is 9.53 Å². The predicted molar refractivity (Wildman–Crippen MR) is 72.0 cm³/mol. The summed E-state index contributed by atoms with van der Waals surface area (Å²) in [4.78, 5) is 16.0. The van der Waals surface area contributed by atoms with Crippen molar-refractivity contribution in [3.8, 4) is 16.3 Å². The highest BCUT2D eigenvalue weighted by Gasteiger charge is 2.13. The molecule has 0 unspecified atom stereocenters. The standard InChI is InChI=1S/C13H14N2O2S/c1-3-17-10-6-4-9(5-7-10)13-15-8(2)11(18-13)12(14)16/h4-7H,3H2,1-2H3,(H2,14,16). The monoisotopic (exact) mass is 262 g/mol. The zero-order valence-corrected chi connectivity index (χ0v) is 11.1. The first-order valence-corrected chi connectivity index (χ1v) is 6.44. The van der Waals surface area contributed by atoms with E-state index in [0.717, 1.165) is 16.3 Å². The maximum Gasteiger partial charge on any atom is 0.260 e. The van der Waals surface area contributed by atoms with Gasteiger partial charge in [0.2, 0.25) is 0 Å². The van der Waals surface area contributed by atoms with Gasteiger partial charge in [0.25, 0.3) is 5.91 Å².